The van der Waals surface area contributed by atoms with E-state index in [1.165, 1.54) is 7.11 Å². The van der Waals surface area contributed by atoms with Crippen molar-refractivity contribution in [1.82, 2.24) is 19.7 Å². The highest BCUT2D eigenvalue weighted by Gasteiger charge is 2.20. The van der Waals surface area contributed by atoms with Crippen molar-refractivity contribution in [3.05, 3.63) is 23.2 Å². The molecule has 2 heterocycles. The van der Waals surface area contributed by atoms with Crippen molar-refractivity contribution in [3.63, 3.8) is 0 Å². The van der Waals surface area contributed by atoms with Gasteiger partial charge in [0.05, 0.1) is 7.11 Å². The molecule has 0 unspecified atom stereocenters. The highest BCUT2D eigenvalue weighted by Crippen LogP contribution is 2.16. The molecule has 0 aliphatic rings. The lowest BCUT2D eigenvalue weighted by Gasteiger charge is -2.03. The Balaban J connectivity index is 2.34. The average Bonchev–Trinajstić information content (AvgIpc) is 2.87. The fraction of sp³-hybridized carbons (Fsp3) is 0.400. The molecule has 0 aliphatic carbocycles. The van der Waals surface area contributed by atoms with E-state index in [9.17, 15) is 4.79 Å². The number of aromatic nitrogens is 4. The maximum atomic E-state index is 11.4. The second-order valence-corrected chi connectivity index (χ2v) is 3.71. The molecule has 0 spiro atoms. The maximum Gasteiger partial charge on any atom is 0.360 e. The molecule has 0 saturated carbocycles. The van der Waals surface area contributed by atoms with E-state index in [1.54, 1.807) is 18.4 Å². The maximum absolute atomic E-state index is 11.4. The summed E-state index contributed by atoms with van der Waals surface area (Å²) < 4.78 is 11.2. The van der Waals surface area contributed by atoms with E-state index < -0.39 is 5.97 Å². The minimum absolute atomic E-state index is 0.0891. The average molecular weight is 251 g/mol. The predicted molar refractivity (Wildman–Crippen MR) is 60.9 cm³/mol. The number of anilines is 1. The van der Waals surface area contributed by atoms with Crippen LogP contribution in [0.5, 0.6) is 0 Å². The quantitative estimate of drug-likeness (QED) is 0.781. The van der Waals surface area contributed by atoms with Gasteiger partial charge in [-0.1, -0.05) is 5.16 Å². The standard InChI is InChI=1S/C10H13N5O3/c1-5-12-7(18-14-5)4-15-6(2)13-8(9(15)11)10(16)17-3/h4,11H2,1-3H3. The summed E-state index contributed by atoms with van der Waals surface area (Å²) in [5, 5.41) is 3.68. The Morgan fingerprint density at radius 2 is 2.17 bits per heavy atom. The summed E-state index contributed by atoms with van der Waals surface area (Å²) in [6.07, 6.45) is 0. The highest BCUT2D eigenvalue weighted by atomic mass is 16.5. The number of aryl methyl sites for hydroxylation is 2. The summed E-state index contributed by atoms with van der Waals surface area (Å²) in [6.45, 7) is 3.71. The molecule has 0 aromatic carbocycles. The van der Waals surface area contributed by atoms with E-state index in [0.29, 0.717) is 17.5 Å². The fourth-order valence-corrected chi connectivity index (χ4v) is 1.57. The second kappa shape index (κ2) is 4.47. The number of methoxy groups -OCH3 is 1. The largest absolute Gasteiger partial charge is 0.464 e. The van der Waals surface area contributed by atoms with Crippen molar-refractivity contribution >= 4 is 11.8 Å². The number of ether oxygens (including phenoxy) is 1. The Kier molecular flexibility index (Phi) is 3.00. The molecular formula is C10H13N5O3. The van der Waals surface area contributed by atoms with Gasteiger partial charge in [-0.15, -0.1) is 0 Å². The predicted octanol–water partition coefficient (Wildman–Crippen LogP) is 0.300. The third-order valence-electron chi connectivity index (χ3n) is 2.44. The number of nitrogens with zero attached hydrogens (tertiary/aromatic N) is 4. The summed E-state index contributed by atoms with van der Waals surface area (Å²) in [5.41, 5.74) is 5.93. The van der Waals surface area contributed by atoms with Crippen LogP contribution in [0.3, 0.4) is 0 Å². The van der Waals surface area contributed by atoms with Gasteiger partial charge in [0.2, 0.25) is 5.89 Å². The third kappa shape index (κ3) is 2.04. The molecule has 0 atom stereocenters. The topological polar surface area (TPSA) is 109 Å². The van der Waals surface area contributed by atoms with Gasteiger partial charge in [0.1, 0.15) is 18.2 Å². The molecule has 0 aliphatic heterocycles. The molecule has 2 aromatic rings. The van der Waals surface area contributed by atoms with Crippen molar-refractivity contribution in [3.8, 4) is 0 Å². The molecule has 2 aromatic heterocycles. The Morgan fingerprint density at radius 1 is 1.44 bits per heavy atom. The first-order valence-corrected chi connectivity index (χ1v) is 5.23. The van der Waals surface area contributed by atoms with Crippen molar-refractivity contribution in [2.45, 2.75) is 20.4 Å². The van der Waals surface area contributed by atoms with Gasteiger partial charge in [-0.2, -0.15) is 4.98 Å². The number of hydrogen-bond donors (Lipinski definition) is 1. The van der Waals surface area contributed by atoms with E-state index in [0.717, 1.165) is 0 Å². The van der Waals surface area contributed by atoms with E-state index >= 15 is 0 Å². The highest BCUT2D eigenvalue weighted by molar-refractivity contribution is 5.92. The Labute approximate surface area is 103 Å². The van der Waals surface area contributed by atoms with Gasteiger partial charge in [-0.3, -0.25) is 0 Å². The first-order chi connectivity index (χ1) is 8.52. The fourth-order valence-electron chi connectivity index (χ4n) is 1.57. The molecule has 0 radical (unpaired) electrons. The number of esters is 1. The smallest absolute Gasteiger partial charge is 0.360 e. The Morgan fingerprint density at radius 3 is 2.72 bits per heavy atom. The summed E-state index contributed by atoms with van der Waals surface area (Å²) in [4.78, 5) is 19.5. The van der Waals surface area contributed by atoms with Crippen LogP contribution >= 0.6 is 0 Å². The van der Waals surface area contributed by atoms with Crippen LogP contribution in [0, 0.1) is 13.8 Å². The molecule has 2 N–H and O–H groups in total. The summed E-state index contributed by atoms with van der Waals surface area (Å²) in [5.74, 6) is 1.15. The van der Waals surface area contributed by atoms with Crippen LogP contribution in [-0.4, -0.2) is 32.8 Å². The molecule has 18 heavy (non-hydrogen) atoms. The number of nitrogens with two attached hydrogens (primary N) is 1. The van der Waals surface area contributed by atoms with Gasteiger partial charge >= 0.3 is 5.97 Å². The number of carbonyl (C=O) groups excluding carboxylic acids is 1. The number of hydrogen-bond acceptors (Lipinski definition) is 7. The first-order valence-electron chi connectivity index (χ1n) is 5.23. The molecule has 96 valence electrons. The van der Waals surface area contributed by atoms with Crippen molar-refractivity contribution in [1.29, 1.82) is 0 Å². The summed E-state index contributed by atoms with van der Waals surface area (Å²) in [7, 11) is 1.28. The van der Waals surface area contributed by atoms with E-state index in [-0.39, 0.29) is 18.1 Å². The minimum atomic E-state index is -0.573. The van der Waals surface area contributed by atoms with Gasteiger partial charge in [-0.05, 0) is 13.8 Å². The third-order valence-corrected chi connectivity index (χ3v) is 2.44. The van der Waals surface area contributed by atoms with Gasteiger partial charge in [0, 0.05) is 0 Å². The zero-order chi connectivity index (χ0) is 13.3. The summed E-state index contributed by atoms with van der Waals surface area (Å²) >= 11 is 0. The zero-order valence-electron chi connectivity index (χ0n) is 10.3. The number of nitrogen functional groups attached to an aromatic ring is 1. The van der Waals surface area contributed by atoms with Crippen LogP contribution in [0.1, 0.15) is 28.0 Å². The molecule has 0 amide bonds. The van der Waals surface area contributed by atoms with Crippen molar-refractivity contribution in [2.75, 3.05) is 12.8 Å². The molecule has 8 heteroatoms. The molecular weight excluding hydrogens is 238 g/mol. The van der Waals surface area contributed by atoms with Gasteiger partial charge in [0.15, 0.2) is 11.5 Å². The van der Waals surface area contributed by atoms with Crippen LogP contribution in [0.2, 0.25) is 0 Å². The van der Waals surface area contributed by atoms with E-state index in [2.05, 4.69) is 19.9 Å². The molecule has 0 bridgehead atoms. The lowest BCUT2D eigenvalue weighted by molar-refractivity contribution is 0.0595. The number of imidazole rings is 1. The van der Waals surface area contributed by atoms with Crippen LogP contribution < -0.4 is 5.73 Å². The lowest BCUT2D eigenvalue weighted by atomic mass is 10.4. The second-order valence-electron chi connectivity index (χ2n) is 3.71. The van der Waals surface area contributed by atoms with Crippen molar-refractivity contribution in [2.24, 2.45) is 0 Å². The minimum Gasteiger partial charge on any atom is -0.464 e. The number of carbonyl (C=O) groups is 1. The lowest BCUT2D eigenvalue weighted by Crippen LogP contribution is -2.09. The van der Waals surface area contributed by atoms with Crippen LogP contribution in [0.25, 0.3) is 0 Å². The van der Waals surface area contributed by atoms with E-state index in [1.807, 2.05) is 0 Å². The molecule has 0 fully saturated rings. The Hall–Kier alpha value is -2.38. The van der Waals surface area contributed by atoms with Crippen LogP contribution in [-0.2, 0) is 11.3 Å². The van der Waals surface area contributed by atoms with Gasteiger partial charge < -0.3 is 19.6 Å². The van der Waals surface area contributed by atoms with E-state index in [4.69, 9.17) is 10.3 Å². The first kappa shape index (κ1) is 12.1. The van der Waals surface area contributed by atoms with Crippen LogP contribution in [0.4, 0.5) is 5.82 Å². The molecule has 2 rings (SSSR count). The van der Waals surface area contributed by atoms with Crippen LogP contribution in [0.15, 0.2) is 4.52 Å². The normalized spacial score (nSPS) is 10.6. The SMILES string of the molecule is COC(=O)c1nc(C)n(Cc2nc(C)no2)c1N. The monoisotopic (exact) mass is 251 g/mol. The summed E-state index contributed by atoms with van der Waals surface area (Å²) in [6, 6.07) is 0. The molecule has 0 saturated heterocycles. The Bertz CT molecular complexity index is 586. The van der Waals surface area contributed by atoms with Gasteiger partial charge in [-0.25, -0.2) is 9.78 Å². The molecule has 8 nitrogen and oxygen atoms in total. The number of rotatable bonds is 3. The zero-order valence-corrected chi connectivity index (χ0v) is 10.3. The van der Waals surface area contributed by atoms with Gasteiger partial charge in [0.25, 0.3) is 0 Å². The van der Waals surface area contributed by atoms with Crippen molar-refractivity contribution < 1.29 is 14.1 Å².